The van der Waals surface area contributed by atoms with Crippen LogP contribution in [0.15, 0.2) is 42.6 Å². The van der Waals surface area contributed by atoms with Crippen molar-refractivity contribution in [3.8, 4) is 0 Å². The SMILES string of the molecule is NC(=O)c1cc(F)c(NC2(C(N)=O)CCC2)nc1Nc1cnc2ccccc2c1. The summed E-state index contributed by atoms with van der Waals surface area (Å²) < 4.78 is 14.6. The zero-order valence-electron chi connectivity index (χ0n) is 15.4. The number of nitrogens with one attached hydrogen (secondary N) is 2. The molecule has 6 N–H and O–H groups in total. The normalized spacial score (nSPS) is 14.8. The average molecular weight is 394 g/mol. The minimum absolute atomic E-state index is 0.0532. The van der Waals surface area contributed by atoms with Gasteiger partial charge in [0.1, 0.15) is 11.4 Å². The third-order valence-corrected chi connectivity index (χ3v) is 5.13. The lowest BCUT2D eigenvalue weighted by atomic mass is 9.76. The highest BCUT2D eigenvalue weighted by atomic mass is 19.1. The summed E-state index contributed by atoms with van der Waals surface area (Å²) in [6.07, 6.45) is 3.34. The second-order valence-corrected chi connectivity index (χ2v) is 7.05. The molecule has 148 valence electrons. The number of amides is 2. The summed E-state index contributed by atoms with van der Waals surface area (Å²) in [4.78, 5) is 32.1. The van der Waals surface area contributed by atoms with Crippen LogP contribution in [0.25, 0.3) is 10.9 Å². The molecule has 0 unspecified atom stereocenters. The zero-order valence-corrected chi connectivity index (χ0v) is 15.4. The van der Waals surface area contributed by atoms with Crippen molar-refractivity contribution in [2.24, 2.45) is 11.5 Å². The number of fused-ring (bicyclic) bond motifs is 1. The van der Waals surface area contributed by atoms with Crippen molar-refractivity contribution in [3.05, 3.63) is 54.0 Å². The van der Waals surface area contributed by atoms with E-state index < -0.39 is 23.2 Å². The number of nitrogens with two attached hydrogens (primary N) is 2. The molecule has 0 radical (unpaired) electrons. The van der Waals surface area contributed by atoms with Crippen molar-refractivity contribution in [3.63, 3.8) is 0 Å². The highest BCUT2D eigenvalue weighted by Gasteiger charge is 2.43. The number of benzene rings is 1. The molecular weight excluding hydrogens is 375 g/mol. The Morgan fingerprint density at radius 2 is 1.86 bits per heavy atom. The van der Waals surface area contributed by atoms with E-state index in [1.807, 2.05) is 30.3 Å². The summed E-state index contributed by atoms with van der Waals surface area (Å²) in [6, 6.07) is 10.3. The zero-order chi connectivity index (χ0) is 20.6. The van der Waals surface area contributed by atoms with E-state index in [-0.39, 0.29) is 17.2 Å². The molecule has 3 aromatic rings. The number of rotatable bonds is 6. The van der Waals surface area contributed by atoms with E-state index in [1.165, 1.54) is 0 Å². The van der Waals surface area contributed by atoms with E-state index in [0.717, 1.165) is 23.4 Å². The van der Waals surface area contributed by atoms with Gasteiger partial charge in [-0.2, -0.15) is 0 Å². The number of primary amides is 2. The van der Waals surface area contributed by atoms with Gasteiger partial charge in [0, 0.05) is 5.39 Å². The Bertz CT molecular complexity index is 1130. The number of carbonyl (C=O) groups is 2. The number of hydrogen-bond donors (Lipinski definition) is 4. The van der Waals surface area contributed by atoms with Crippen LogP contribution in [0.1, 0.15) is 29.6 Å². The Kier molecular flexibility index (Phi) is 4.50. The van der Waals surface area contributed by atoms with Crippen LogP contribution >= 0.6 is 0 Å². The van der Waals surface area contributed by atoms with E-state index in [0.29, 0.717) is 18.5 Å². The van der Waals surface area contributed by atoms with Gasteiger partial charge in [0.05, 0.1) is 23.0 Å². The molecule has 2 heterocycles. The van der Waals surface area contributed by atoms with Crippen molar-refractivity contribution in [2.75, 3.05) is 10.6 Å². The summed E-state index contributed by atoms with van der Waals surface area (Å²) in [5, 5.41) is 6.66. The Balaban J connectivity index is 1.72. The number of aromatic nitrogens is 2. The Hall–Kier alpha value is -3.75. The fourth-order valence-electron chi connectivity index (χ4n) is 3.33. The molecule has 0 aliphatic heterocycles. The van der Waals surface area contributed by atoms with Gasteiger partial charge in [0.2, 0.25) is 5.91 Å². The summed E-state index contributed by atoms with van der Waals surface area (Å²) in [6.45, 7) is 0. The van der Waals surface area contributed by atoms with Crippen molar-refractivity contribution in [2.45, 2.75) is 24.8 Å². The minimum atomic E-state index is -1.04. The molecule has 2 aromatic heterocycles. The van der Waals surface area contributed by atoms with Crippen molar-refractivity contribution < 1.29 is 14.0 Å². The molecule has 1 aliphatic rings. The molecule has 8 nitrogen and oxygen atoms in total. The molecule has 4 rings (SSSR count). The van der Waals surface area contributed by atoms with Gasteiger partial charge in [0.25, 0.3) is 5.91 Å². The third kappa shape index (κ3) is 3.42. The first-order valence-electron chi connectivity index (χ1n) is 9.08. The molecular formula is C20H19FN6O2. The highest BCUT2D eigenvalue weighted by Crippen LogP contribution is 2.36. The quantitative estimate of drug-likeness (QED) is 0.507. The monoisotopic (exact) mass is 394 g/mol. The molecule has 1 saturated carbocycles. The number of nitrogens with zero attached hydrogens (tertiary/aromatic N) is 2. The standard InChI is InChI=1S/C20H19FN6O2/c21-14-9-13(16(22)28)17(26-18(14)27-20(19(23)29)6-3-7-20)25-12-8-11-4-1-2-5-15(11)24-10-12/h1-2,4-5,8-10H,3,6-7H2,(H2,22,28)(H2,23,29)(H2,25,26,27). The topological polar surface area (TPSA) is 136 Å². The number of para-hydroxylation sites is 1. The molecule has 1 fully saturated rings. The van der Waals surface area contributed by atoms with Crippen LogP contribution in [0.5, 0.6) is 0 Å². The second-order valence-electron chi connectivity index (χ2n) is 7.05. The van der Waals surface area contributed by atoms with Crippen molar-refractivity contribution >= 4 is 40.0 Å². The molecule has 1 aromatic carbocycles. The van der Waals surface area contributed by atoms with Crippen molar-refractivity contribution in [1.29, 1.82) is 0 Å². The first kappa shape index (κ1) is 18.6. The first-order chi connectivity index (χ1) is 13.9. The number of hydrogen-bond acceptors (Lipinski definition) is 6. The van der Waals surface area contributed by atoms with Crippen LogP contribution in [-0.4, -0.2) is 27.3 Å². The van der Waals surface area contributed by atoms with Crippen LogP contribution in [-0.2, 0) is 4.79 Å². The predicted molar refractivity (Wildman–Crippen MR) is 107 cm³/mol. The lowest BCUT2D eigenvalue weighted by molar-refractivity contribution is -0.124. The number of halogens is 1. The van der Waals surface area contributed by atoms with E-state index in [9.17, 15) is 14.0 Å². The number of anilines is 3. The van der Waals surface area contributed by atoms with E-state index in [2.05, 4.69) is 20.6 Å². The fourth-order valence-corrected chi connectivity index (χ4v) is 3.33. The number of pyridine rings is 2. The Labute approximate surface area is 165 Å². The first-order valence-corrected chi connectivity index (χ1v) is 9.08. The van der Waals surface area contributed by atoms with Gasteiger partial charge in [-0.05, 0) is 37.5 Å². The molecule has 0 bridgehead atoms. The maximum Gasteiger partial charge on any atom is 0.252 e. The largest absolute Gasteiger partial charge is 0.368 e. The van der Waals surface area contributed by atoms with E-state index in [4.69, 9.17) is 11.5 Å². The van der Waals surface area contributed by atoms with Gasteiger partial charge in [-0.3, -0.25) is 14.6 Å². The Morgan fingerprint density at radius 3 is 2.52 bits per heavy atom. The summed E-state index contributed by atoms with van der Waals surface area (Å²) in [7, 11) is 0. The van der Waals surface area contributed by atoms with E-state index >= 15 is 0 Å². The van der Waals surface area contributed by atoms with Gasteiger partial charge >= 0.3 is 0 Å². The summed E-state index contributed by atoms with van der Waals surface area (Å²) in [5.41, 5.74) is 11.1. The fraction of sp³-hybridized carbons (Fsp3) is 0.200. The third-order valence-electron chi connectivity index (χ3n) is 5.13. The van der Waals surface area contributed by atoms with Gasteiger partial charge in [-0.15, -0.1) is 0 Å². The molecule has 2 amide bonds. The minimum Gasteiger partial charge on any atom is -0.368 e. The van der Waals surface area contributed by atoms with Gasteiger partial charge in [-0.1, -0.05) is 18.2 Å². The molecule has 0 spiro atoms. The van der Waals surface area contributed by atoms with Crippen LogP contribution in [0, 0.1) is 5.82 Å². The average Bonchev–Trinajstić information content (AvgIpc) is 2.66. The maximum absolute atomic E-state index is 14.6. The lowest BCUT2D eigenvalue weighted by Gasteiger charge is -2.39. The van der Waals surface area contributed by atoms with Crippen LogP contribution in [0.4, 0.5) is 21.7 Å². The van der Waals surface area contributed by atoms with Gasteiger partial charge in [0.15, 0.2) is 11.6 Å². The smallest absolute Gasteiger partial charge is 0.252 e. The molecule has 1 aliphatic carbocycles. The van der Waals surface area contributed by atoms with Crippen molar-refractivity contribution in [1.82, 2.24) is 9.97 Å². The molecule has 0 saturated heterocycles. The highest BCUT2D eigenvalue weighted by molar-refractivity contribution is 5.99. The molecule has 9 heteroatoms. The summed E-state index contributed by atoms with van der Waals surface area (Å²) >= 11 is 0. The predicted octanol–water partition coefficient (Wildman–Crippen LogP) is 2.43. The van der Waals surface area contributed by atoms with Crippen LogP contribution in [0.2, 0.25) is 0 Å². The number of carbonyl (C=O) groups excluding carboxylic acids is 2. The van der Waals surface area contributed by atoms with Gasteiger partial charge < -0.3 is 22.1 Å². The summed E-state index contributed by atoms with van der Waals surface area (Å²) in [5.74, 6) is -2.33. The maximum atomic E-state index is 14.6. The van der Waals surface area contributed by atoms with Crippen LogP contribution < -0.4 is 22.1 Å². The van der Waals surface area contributed by atoms with E-state index in [1.54, 1.807) is 6.20 Å². The molecule has 29 heavy (non-hydrogen) atoms. The van der Waals surface area contributed by atoms with Crippen LogP contribution in [0.3, 0.4) is 0 Å². The van der Waals surface area contributed by atoms with Gasteiger partial charge in [-0.25, -0.2) is 9.37 Å². The Morgan fingerprint density at radius 1 is 1.10 bits per heavy atom. The molecule has 0 atom stereocenters. The second kappa shape index (κ2) is 7.01. The lowest BCUT2D eigenvalue weighted by Crippen LogP contribution is -2.55.